The van der Waals surface area contributed by atoms with Crippen LogP contribution in [0.2, 0.25) is 0 Å². The average molecular weight is 425 g/mol. The maximum atomic E-state index is 12.6. The number of rotatable bonds is 5. The Morgan fingerprint density at radius 3 is 2.85 bits per heavy atom. The molecule has 1 aromatic carbocycles. The zero-order valence-electron chi connectivity index (χ0n) is 14.2. The highest BCUT2D eigenvalue weighted by molar-refractivity contribution is 8.26. The predicted molar refractivity (Wildman–Crippen MR) is 108 cm³/mol. The van der Waals surface area contributed by atoms with Gasteiger partial charge < -0.3 is 10.1 Å². The molecule has 1 fully saturated rings. The van der Waals surface area contributed by atoms with Crippen LogP contribution in [0.1, 0.15) is 5.56 Å². The van der Waals surface area contributed by atoms with Crippen molar-refractivity contribution in [2.45, 2.75) is 6.04 Å². The summed E-state index contributed by atoms with van der Waals surface area (Å²) in [4.78, 5) is 26.4. The van der Waals surface area contributed by atoms with Crippen LogP contribution in [-0.4, -0.2) is 54.9 Å². The molecular formula is C17H16N2O5S3. The van der Waals surface area contributed by atoms with Gasteiger partial charge in [-0.3, -0.25) is 14.5 Å². The number of carbonyl (C=O) groups excluding carboxylic acids is 2. The number of thioether (sulfide) groups is 1. The molecule has 0 radical (unpaired) electrons. The number of ether oxygens (including phenoxy) is 1. The maximum Gasteiger partial charge on any atom is 0.266 e. The first-order valence-corrected chi connectivity index (χ1v) is 10.8. The van der Waals surface area contributed by atoms with E-state index in [2.05, 4.69) is 5.32 Å². The van der Waals surface area contributed by atoms with Gasteiger partial charge in [-0.2, -0.15) is 0 Å². The lowest BCUT2D eigenvalue weighted by atomic mass is 10.2. The number of nitrogens with zero attached hydrogens (tertiary/aromatic N) is 1. The number of amides is 2. The van der Waals surface area contributed by atoms with Crippen molar-refractivity contribution < 1.29 is 22.7 Å². The standard InChI is InChI=1S/C17H16N2O5S3/c1-24-13-5-3-2-4-11(13)8-14-16(21)19(17(25)26-14)9-15(20)18-12-6-7-27(22,23)10-12/h2-8,12H,9-10H2,1H3,(H,18,20)/b14-8+/t12-/m0/s1. The molecule has 1 aromatic rings. The SMILES string of the molecule is COc1ccccc1/C=C1/SC(=S)N(CC(=O)N[C@H]2C=CS(=O)(=O)C2)C1=O. The monoisotopic (exact) mass is 424 g/mol. The Morgan fingerprint density at radius 2 is 2.19 bits per heavy atom. The average Bonchev–Trinajstić information content (AvgIpc) is 3.08. The second kappa shape index (κ2) is 7.83. The van der Waals surface area contributed by atoms with Gasteiger partial charge in [-0.1, -0.05) is 42.2 Å². The van der Waals surface area contributed by atoms with Crippen molar-refractivity contribution in [2.24, 2.45) is 0 Å². The summed E-state index contributed by atoms with van der Waals surface area (Å²) >= 11 is 6.32. The molecule has 0 unspecified atom stereocenters. The van der Waals surface area contributed by atoms with Gasteiger partial charge >= 0.3 is 0 Å². The molecule has 1 atom stereocenters. The van der Waals surface area contributed by atoms with E-state index in [1.807, 2.05) is 18.2 Å². The summed E-state index contributed by atoms with van der Waals surface area (Å²) in [5.41, 5.74) is 0.728. The van der Waals surface area contributed by atoms with Crippen LogP contribution in [0.5, 0.6) is 5.75 Å². The summed E-state index contributed by atoms with van der Waals surface area (Å²) < 4.78 is 28.3. The molecule has 2 aliphatic rings. The van der Waals surface area contributed by atoms with Crippen molar-refractivity contribution in [1.29, 1.82) is 0 Å². The molecule has 0 saturated carbocycles. The third kappa shape index (κ3) is 4.57. The van der Waals surface area contributed by atoms with Crippen molar-refractivity contribution in [3.8, 4) is 5.75 Å². The van der Waals surface area contributed by atoms with Crippen molar-refractivity contribution >= 4 is 56.0 Å². The zero-order valence-corrected chi connectivity index (χ0v) is 16.7. The quantitative estimate of drug-likeness (QED) is 0.563. The van der Waals surface area contributed by atoms with Crippen LogP contribution in [-0.2, 0) is 19.4 Å². The predicted octanol–water partition coefficient (Wildman–Crippen LogP) is 1.32. The van der Waals surface area contributed by atoms with Gasteiger partial charge in [-0.15, -0.1) is 0 Å². The molecular weight excluding hydrogens is 408 g/mol. The summed E-state index contributed by atoms with van der Waals surface area (Å²) in [6.07, 6.45) is 3.08. The van der Waals surface area contributed by atoms with E-state index in [1.54, 1.807) is 19.3 Å². The molecule has 1 saturated heterocycles. The van der Waals surface area contributed by atoms with Gasteiger partial charge in [0.1, 0.15) is 16.6 Å². The molecule has 0 aromatic heterocycles. The van der Waals surface area contributed by atoms with Crippen molar-refractivity contribution in [3.63, 3.8) is 0 Å². The first-order chi connectivity index (χ1) is 12.8. The van der Waals surface area contributed by atoms with Gasteiger partial charge in [0.2, 0.25) is 5.91 Å². The van der Waals surface area contributed by atoms with E-state index in [4.69, 9.17) is 17.0 Å². The Balaban J connectivity index is 1.68. The minimum atomic E-state index is -3.27. The van der Waals surface area contributed by atoms with Crippen LogP contribution in [0.4, 0.5) is 0 Å². The number of para-hydroxylation sites is 1. The largest absolute Gasteiger partial charge is 0.496 e. The molecule has 27 heavy (non-hydrogen) atoms. The summed E-state index contributed by atoms with van der Waals surface area (Å²) in [5.74, 6) is -0.405. The van der Waals surface area contributed by atoms with Gasteiger partial charge in [0, 0.05) is 11.0 Å². The number of sulfone groups is 1. The first-order valence-electron chi connectivity index (χ1n) is 7.88. The Bertz CT molecular complexity index is 969. The lowest BCUT2D eigenvalue weighted by Crippen LogP contribution is -2.43. The molecule has 2 heterocycles. The zero-order chi connectivity index (χ0) is 19.6. The molecule has 2 aliphatic heterocycles. The van der Waals surface area contributed by atoms with E-state index in [-0.39, 0.29) is 22.5 Å². The summed E-state index contributed by atoms with van der Waals surface area (Å²) in [7, 11) is -1.73. The highest BCUT2D eigenvalue weighted by atomic mass is 32.2. The second-order valence-corrected chi connectivity index (χ2v) is 9.45. The number of methoxy groups -OCH3 is 1. The van der Waals surface area contributed by atoms with Gasteiger partial charge in [0.25, 0.3) is 5.91 Å². The molecule has 0 aliphatic carbocycles. The van der Waals surface area contributed by atoms with Crippen LogP contribution in [0.25, 0.3) is 6.08 Å². The molecule has 0 spiro atoms. The van der Waals surface area contributed by atoms with E-state index < -0.39 is 21.8 Å². The van der Waals surface area contributed by atoms with Gasteiger partial charge in [0.05, 0.1) is 23.8 Å². The Morgan fingerprint density at radius 1 is 1.44 bits per heavy atom. The Hall–Kier alpha value is -2.17. The van der Waals surface area contributed by atoms with E-state index >= 15 is 0 Å². The summed E-state index contributed by atoms with van der Waals surface area (Å²) in [5, 5.41) is 3.66. The minimum Gasteiger partial charge on any atom is -0.496 e. The molecule has 1 N–H and O–H groups in total. The number of nitrogens with one attached hydrogen (secondary N) is 1. The summed E-state index contributed by atoms with van der Waals surface area (Å²) in [6.45, 7) is -0.266. The van der Waals surface area contributed by atoms with Crippen molar-refractivity contribution in [2.75, 3.05) is 19.4 Å². The number of carbonyl (C=O) groups is 2. The molecule has 7 nitrogen and oxygen atoms in total. The molecule has 2 amide bonds. The molecule has 3 rings (SSSR count). The smallest absolute Gasteiger partial charge is 0.266 e. The molecule has 0 bridgehead atoms. The summed E-state index contributed by atoms with van der Waals surface area (Å²) in [6, 6.07) is 6.65. The van der Waals surface area contributed by atoms with Crippen LogP contribution < -0.4 is 10.1 Å². The number of hydrogen-bond acceptors (Lipinski definition) is 7. The Kier molecular flexibility index (Phi) is 5.68. The lowest BCUT2D eigenvalue weighted by Gasteiger charge is -2.16. The van der Waals surface area contributed by atoms with E-state index in [0.29, 0.717) is 10.7 Å². The van der Waals surface area contributed by atoms with Crippen molar-refractivity contribution in [1.82, 2.24) is 10.2 Å². The number of hydrogen-bond donors (Lipinski definition) is 1. The van der Waals surface area contributed by atoms with Crippen LogP contribution in [0.3, 0.4) is 0 Å². The maximum absolute atomic E-state index is 12.6. The fourth-order valence-corrected chi connectivity index (χ4v) is 5.11. The highest BCUT2D eigenvalue weighted by Gasteiger charge is 2.34. The highest BCUT2D eigenvalue weighted by Crippen LogP contribution is 2.34. The van der Waals surface area contributed by atoms with Crippen molar-refractivity contribution in [3.05, 3.63) is 46.2 Å². The van der Waals surface area contributed by atoms with Crippen LogP contribution in [0.15, 0.2) is 40.7 Å². The normalized spacial score (nSPS) is 22.5. The van der Waals surface area contributed by atoms with Gasteiger partial charge in [-0.25, -0.2) is 8.42 Å². The molecule has 142 valence electrons. The van der Waals surface area contributed by atoms with E-state index in [9.17, 15) is 18.0 Å². The number of thiocarbonyl (C=S) groups is 1. The minimum absolute atomic E-state index is 0.176. The number of benzene rings is 1. The van der Waals surface area contributed by atoms with Gasteiger partial charge in [-0.05, 0) is 18.2 Å². The third-order valence-electron chi connectivity index (χ3n) is 3.88. The fourth-order valence-electron chi connectivity index (χ4n) is 2.62. The van der Waals surface area contributed by atoms with Crippen LogP contribution >= 0.6 is 24.0 Å². The Labute approximate surface area is 166 Å². The molecule has 10 heteroatoms. The van der Waals surface area contributed by atoms with E-state index in [0.717, 1.165) is 22.7 Å². The van der Waals surface area contributed by atoms with Crippen LogP contribution in [0, 0.1) is 0 Å². The topological polar surface area (TPSA) is 92.8 Å². The third-order valence-corrected chi connectivity index (χ3v) is 6.65. The second-order valence-electron chi connectivity index (χ2n) is 5.84. The first kappa shape index (κ1) is 19.6. The van der Waals surface area contributed by atoms with Gasteiger partial charge in [0.15, 0.2) is 9.84 Å². The van der Waals surface area contributed by atoms with E-state index in [1.165, 1.54) is 11.0 Å². The fraction of sp³-hybridized carbons (Fsp3) is 0.235. The lowest BCUT2D eigenvalue weighted by molar-refractivity contribution is -0.128.